The number of hydrogen-bond donors (Lipinski definition) is 2. The van der Waals surface area contributed by atoms with Crippen molar-refractivity contribution in [2.45, 2.75) is 39.2 Å². The van der Waals surface area contributed by atoms with Crippen molar-refractivity contribution in [3.05, 3.63) is 23.5 Å². The van der Waals surface area contributed by atoms with E-state index in [0.29, 0.717) is 12.2 Å². The fourth-order valence-corrected chi connectivity index (χ4v) is 1.69. The van der Waals surface area contributed by atoms with Crippen LogP contribution in [0, 0.1) is 6.92 Å². The molecule has 1 amide bonds. The van der Waals surface area contributed by atoms with Gasteiger partial charge in [-0.2, -0.15) is 0 Å². The summed E-state index contributed by atoms with van der Waals surface area (Å²) in [6.45, 7) is 6.58. The summed E-state index contributed by atoms with van der Waals surface area (Å²) in [5, 5.41) is 2.91. The molecule has 0 unspecified atom stereocenters. The smallest absolute Gasteiger partial charge is 0.267 e. The van der Waals surface area contributed by atoms with Crippen molar-refractivity contribution < 1.29 is 4.79 Å². The van der Waals surface area contributed by atoms with Crippen molar-refractivity contribution >= 4 is 18.3 Å². The van der Waals surface area contributed by atoms with Crippen molar-refractivity contribution in [3.8, 4) is 0 Å². The third kappa shape index (κ3) is 3.75. The molecule has 0 saturated heterocycles. The van der Waals surface area contributed by atoms with Crippen LogP contribution in [0.1, 0.15) is 42.9 Å². The second-order valence-electron chi connectivity index (χ2n) is 4.67. The predicted octanol–water partition coefficient (Wildman–Crippen LogP) is 2.00. The summed E-state index contributed by atoms with van der Waals surface area (Å²) < 4.78 is 1.88. The van der Waals surface area contributed by atoms with Crippen molar-refractivity contribution in [2.75, 3.05) is 6.54 Å². The van der Waals surface area contributed by atoms with Gasteiger partial charge in [0, 0.05) is 24.8 Å². The largest absolute Gasteiger partial charge is 0.349 e. The van der Waals surface area contributed by atoms with Gasteiger partial charge in [0.1, 0.15) is 5.69 Å². The van der Waals surface area contributed by atoms with Crippen LogP contribution in [-0.2, 0) is 7.05 Å². The van der Waals surface area contributed by atoms with Gasteiger partial charge in [-0.05, 0) is 31.9 Å². The third-order valence-corrected chi connectivity index (χ3v) is 3.61. The molecule has 1 aromatic rings. The number of carbonyl (C=O) groups excluding carboxylic acids is 1. The average molecular weight is 274 g/mol. The number of carbonyl (C=O) groups is 1. The predicted molar refractivity (Wildman–Crippen MR) is 77.2 cm³/mol. The Labute approximate surface area is 115 Å². The van der Waals surface area contributed by atoms with Crippen LogP contribution in [0.15, 0.2) is 12.1 Å². The lowest BCUT2D eigenvalue weighted by Crippen LogP contribution is -2.49. The minimum absolute atomic E-state index is 0. The van der Waals surface area contributed by atoms with Crippen molar-refractivity contribution in [1.82, 2.24) is 9.88 Å². The van der Waals surface area contributed by atoms with E-state index < -0.39 is 0 Å². The van der Waals surface area contributed by atoms with Gasteiger partial charge in [-0.1, -0.05) is 13.8 Å². The Balaban J connectivity index is 0.00000289. The maximum atomic E-state index is 12.0. The number of hydrogen-bond acceptors (Lipinski definition) is 2. The van der Waals surface area contributed by atoms with Gasteiger partial charge in [-0.25, -0.2) is 0 Å². The highest BCUT2D eigenvalue weighted by molar-refractivity contribution is 5.92. The van der Waals surface area contributed by atoms with Gasteiger partial charge in [-0.3, -0.25) is 4.79 Å². The van der Waals surface area contributed by atoms with E-state index in [1.54, 1.807) is 0 Å². The zero-order valence-corrected chi connectivity index (χ0v) is 12.4. The van der Waals surface area contributed by atoms with Crippen LogP contribution in [-0.4, -0.2) is 22.6 Å². The normalized spacial score (nSPS) is 10.9. The number of aryl methyl sites for hydroxylation is 1. The quantitative estimate of drug-likeness (QED) is 0.862. The summed E-state index contributed by atoms with van der Waals surface area (Å²) in [5.74, 6) is -0.0580. The summed E-state index contributed by atoms with van der Waals surface area (Å²) in [7, 11) is 1.89. The van der Waals surface area contributed by atoms with E-state index in [1.165, 1.54) is 0 Å². The number of amides is 1. The number of nitrogens with zero attached hydrogens (tertiary/aromatic N) is 1. The van der Waals surface area contributed by atoms with Crippen LogP contribution in [0.4, 0.5) is 0 Å². The Morgan fingerprint density at radius 3 is 2.33 bits per heavy atom. The molecule has 0 radical (unpaired) electrons. The van der Waals surface area contributed by atoms with Crippen molar-refractivity contribution in [2.24, 2.45) is 12.8 Å². The molecule has 18 heavy (non-hydrogen) atoms. The second kappa shape index (κ2) is 6.81. The van der Waals surface area contributed by atoms with Crippen LogP contribution >= 0.6 is 12.4 Å². The van der Waals surface area contributed by atoms with E-state index in [0.717, 1.165) is 18.5 Å². The van der Waals surface area contributed by atoms with Crippen LogP contribution < -0.4 is 11.1 Å². The first-order valence-electron chi connectivity index (χ1n) is 6.13. The summed E-state index contributed by atoms with van der Waals surface area (Å²) in [5.41, 5.74) is 7.60. The van der Waals surface area contributed by atoms with Crippen LogP contribution in [0.3, 0.4) is 0 Å². The first kappa shape index (κ1) is 17.0. The Morgan fingerprint density at radius 1 is 1.39 bits per heavy atom. The van der Waals surface area contributed by atoms with Crippen LogP contribution in [0.5, 0.6) is 0 Å². The van der Waals surface area contributed by atoms with E-state index in [1.807, 2.05) is 44.5 Å². The fraction of sp³-hybridized carbons (Fsp3) is 0.615. The number of nitrogens with two attached hydrogens (primary N) is 1. The highest BCUT2D eigenvalue weighted by atomic mass is 35.5. The summed E-state index contributed by atoms with van der Waals surface area (Å²) in [4.78, 5) is 12.0. The monoisotopic (exact) mass is 273 g/mol. The molecule has 0 saturated carbocycles. The zero-order chi connectivity index (χ0) is 13.1. The van der Waals surface area contributed by atoms with Crippen molar-refractivity contribution in [3.63, 3.8) is 0 Å². The lowest BCUT2D eigenvalue weighted by atomic mass is 9.94. The van der Waals surface area contributed by atoms with Crippen LogP contribution in [0.25, 0.3) is 0 Å². The Hall–Kier alpha value is -1.00. The number of rotatable bonds is 5. The Kier molecular flexibility index (Phi) is 6.43. The third-order valence-electron chi connectivity index (χ3n) is 3.61. The van der Waals surface area contributed by atoms with Gasteiger partial charge in [0.25, 0.3) is 5.91 Å². The molecular formula is C13H24ClN3O. The first-order valence-corrected chi connectivity index (χ1v) is 6.13. The van der Waals surface area contributed by atoms with Crippen LogP contribution in [0.2, 0.25) is 0 Å². The molecule has 104 valence electrons. The number of aromatic nitrogens is 1. The van der Waals surface area contributed by atoms with Gasteiger partial charge in [0.15, 0.2) is 0 Å². The number of halogens is 1. The first-order chi connectivity index (χ1) is 7.93. The zero-order valence-electron chi connectivity index (χ0n) is 11.6. The minimum atomic E-state index is -0.296. The highest BCUT2D eigenvalue weighted by Crippen LogP contribution is 2.10. The van der Waals surface area contributed by atoms with Gasteiger partial charge in [0.05, 0.1) is 0 Å². The molecule has 1 rings (SSSR count). The maximum Gasteiger partial charge on any atom is 0.267 e. The number of nitrogens with one attached hydrogen (secondary N) is 1. The molecule has 0 aromatic carbocycles. The van der Waals surface area contributed by atoms with Gasteiger partial charge >= 0.3 is 0 Å². The van der Waals surface area contributed by atoms with E-state index in [2.05, 4.69) is 5.32 Å². The SMILES string of the molecule is CCC(N)(CC)CNC(=O)c1ccc(C)n1C.Cl. The molecule has 0 spiro atoms. The molecule has 4 nitrogen and oxygen atoms in total. The molecular weight excluding hydrogens is 250 g/mol. The molecule has 0 aliphatic rings. The van der Waals surface area contributed by atoms with Gasteiger partial charge < -0.3 is 15.6 Å². The molecule has 0 bridgehead atoms. The summed E-state index contributed by atoms with van der Waals surface area (Å²) in [6, 6.07) is 3.77. The molecule has 0 atom stereocenters. The summed E-state index contributed by atoms with van der Waals surface area (Å²) in [6.07, 6.45) is 1.71. The Bertz CT molecular complexity index is 397. The van der Waals surface area contributed by atoms with Gasteiger partial charge in [0.2, 0.25) is 0 Å². The minimum Gasteiger partial charge on any atom is -0.349 e. The Morgan fingerprint density at radius 2 is 1.94 bits per heavy atom. The van der Waals surface area contributed by atoms with E-state index >= 15 is 0 Å². The molecule has 0 aliphatic heterocycles. The molecule has 0 fully saturated rings. The topological polar surface area (TPSA) is 60.0 Å². The second-order valence-corrected chi connectivity index (χ2v) is 4.67. The van der Waals surface area contributed by atoms with E-state index in [4.69, 9.17) is 5.73 Å². The maximum absolute atomic E-state index is 12.0. The summed E-state index contributed by atoms with van der Waals surface area (Å²) >= 11 is 0. The molecule has 0 aliphatic carbocycles. The van der Waals surface area contributed by atoms with Crippen molar-refractivity contribution in [1.29, 1.82) is 0 Å². The van der Waals surface area contributed by atoms with Gasteiger partial charge in [-0.15, -0.1) is 12.4 Å². The average Bonchev–Trinajstić information content (AvgIpc) is 2.67. The lowest BCUT2D eigenvalue weighted by molar-refractivity contribution is 0.0934. The molecule has 5 heteroatoms. The van der Waals surface area contributed by atoms with E-state index in [9.17, 15) is 4.79 Å². The standard InChI is InChI=1S/C13H23N3O.ClH/c1-5-13(14,6-2)9-15-12(17)11-8-7-10(3)16(11)4;/h7-8H,5-6,9,14H2,1-4H3,(H,15,17);1H. The highest BCUT2D eigenvalue weighted by Gasteiger charge is 2.21. The fourth-order valence-electron chi connectivity index (χ4n) is 1.69. The molecule has 1 aromatic heterocycles. The molecule has 1 heterocycles. The van der Waals surface area contributed by atoms with E-state index in [-0.39, 0.29) is 23.9 Å². The molecule has 3 N–H and O–H groups in total. The lowest BCUT2D eigenvalue weighted by Gasteiger charge is -2.26.